The van der Waals surface area contributed by atoms with Gasteiger partial charge in [0.2, 0.25) is 0 Å². The maximum Gasteiger partial charge on any atom is 0.251 e. The molecule has 2 aromatic rings. The Morgan fingerprint density at radius 1 is 1.25 bits per heavy atom. The minimum atomic E-state index is -0.335. The lowest BCUT2D eigenvalue weighted by Gasteiger charge is -2.10. The zero-order valence-corrected chi connectivity index (χ0v) is 15.8. The molecule has 0 aliphatic heterocycles. The maximum absolute atomic E-state index is 12.2. The highest BCUT2D eigenvalue weighted by Gasteiger charge is 2.09. The number of rotatable bonds is 7. The number of hydrogen-bond acceptors (Lipinski definition) is 5. The van der Waals surface area contributed by atoms with Crippen LogP contribution in [0.5, 0.6) is 0 Å². The monoisotopic (exact) mass is 375 g/mol. The van der Waals surface area contributed by atoms with Crippen molar-refractivity contribution in [1.82, 2.24) is 10.3 Å². The predicted octanol–water partition coefficient (Wildman–Crippen LogP) is 2.98. The second-order valence-corrected chi connectivity index (χ2v) is 6.01. The number of allylic oxidation sites excluding steroid dienone is 1. The molecule has 1 N–H and O–H groups in total. The van der Waals surface area contributed by atoms with Crippen LogP contribution in [0.15, 0.2) is 70.0 Å². The van der Waals surface area contributed by atoms with E-state index in [0.717, 1.165) is 11.1 Å². The highest BCUT2D eigenvalue weighted by Crippen LogP contribution is 2.07. The lowest BCUT2D eigenvalue weighted by molar-refractivity contribution is -0.125. The molecule has 7 heteroatoms. The molecule has 28 heavy (non-hydrogen) atoms. The number of nitriles is 1. The van der Waals surface area contributed by atoms with Crippen LogP contribution in [0.2, 0.25) is 0 Å². The van der Waals surface area contributed by atoms with E-state index in [1.807, 2.05) is 19.9 Å². The number of aliphatic imine (C=N–C) groups is 2. The first-order valence-corrected chi connectivity index (χ1v) is 8.54. The van der Waals surface area contributed by atoms with Gasteiger partial charge in [-0.2, -0.15) is 5.26 Å². The fraction of sp³-hybridized carbons (Fsp3) is 0.190. The fourth-order valence-corrected chi connectivity index (χ4v) is 2.14. The Balaban J connectivity index is 1.97. The number of ether oxygens (including phenoxy) is 1. The van der Waals surface area contributed by atoms with Gasteiger partial charge in [0.15, 0.2) is 5.84 Å². The first-order valence-electron chi connectivity index (χ1n) is 8.54. The second-order valence-electron chi connectivity index (χ2n) is 6.01. The molecule has 142 valence electrons. The van der Waals surface area contributed by atoms with Gasteiger partial charge in [0.1, 0.15) is 18.1 Å². The number of carbonyl (C=O) groups excluding carboxylic acids is 1. The molecule has 2 rings (SSSR count). The van der Waals surface area contributed by atoms with Crippen LogP contribution in [0.3, 0.4) is 0 Å². The molecule has 0 saturated carbocycles. The van der Waals surface area contributed by atoms with Crippen molar-refractivity contribution < 1.29 is 9.53 Å². The number of nitrogens with one attached hydrogen (secondary N) is 1. The van der Waals surface area contributed by atoms with Gasteiger partial charge in [0.25, 0.3) is 5.91 Å². The van der Waals surface area contributed by atoms with E-state index in [2.05, 4.69) is 33.1 Å². The Hall–Kier alpha value is -3.63. The van der Waals surface area contributed by atoms with Gasteiger partial charge in [-0.15, -0.1) is 0 Å². The molecule has 7 nitrogen and oxygen atoms in total. The van der Waals surface area contributed by atoms with Crippen molar-refractivity contribution in [1.29, 1.82) is 5.26 Å². The van der Waals surface area contributed by atoms with Gasteiger partial charge in [-0.25, -0.2) is 9.98 Å². The van der Waals surface area contributed by atoms with E-state index in [1.165, 1.54) is 0 Å². The number of amidine groups is 1. The van der Waals surface area contributed by atoms with Crippen molar-refractivity contribution in [2.75, 3.05) is 6.61 Å². The molecule has 1 amide bonds. The van der Waals surface area contributed by atoms with E-state index in [1.54, 1.807) is 42.6 Å². The highest BCUT2D eigenvalue weighted by atomic mass is 16.5. The largest absolute Gasteiger partial charge is 0.367 e. The van der Waals surface area contributed by atoms with Crippen LogP contribution >= 0.6 is 0 Å². The van der Waals surface area contributed by atoms with Crippen LogP contribution in [0.25, 0.3) is 0 Å². The van der Waals surface area contributed by atoms with Gasteiger partial charge in [0.05, 0.1) is 18.2 Å². The molecule has 0 aliphatic rings. The minimum absolute atomic E-state index is 0.132. The van der Waals surface area contributed by atoms with Gasteiger partial charge >= 0.3 is 0 Å². The lowest BCUT2D eigenvalue weighted by Crippen LogP contribution is -2.27. The molecule has 0 saturated heterocycles. The Bertz CT molecular complexity index is 922. The average Bonchev–Trinajstić information content (AvgIpc) is 2.72. The van der Waals surface area contributed by atoms with Crippen molar-refractivity contribution in [2.45, 2.75) is 20.5 Å². The van der Waals surface area contributed by atoms with Gasteiger partial charge < -0.3 is 10.1 Å². The van der Waals surface area contributed by atoms with E-state index in [-0.39, 0.29) is 19.1 Å². The molecule has 0 radical (unpaired) electrons. The van der Waals surface area contributed by atoms with Crippen molar-refractivity contribution in [3.8, 4) is 6.07 Å². The Labute approximate surface area is 164 Å². The van der Waals surface area contributed by atoms with Crippen molar-refractivity contribution in [2.24, 2.45) is 9.98 Å². The molecule has 0 atom stereocenters. The zero-order valence-electron chi connectivity index (χ0n) is 15.8. The maximum atomic E-state index is 12.2. The number of carbonyl (C=O) groups is 1. The summed E-state index contributed by atoms with van der Waals surface area (Å²) in [5.74, 6) is 0.355. The molecule has 0 aliphatic carbocycles. The van der Waals surface area contributed by atoms with Crippen molar-refractivity contribution in [3.63, 3.8) is 0 Å². The molecule has 0 unspecified atom stereocenters. The van der Waals surface area contributed by atoms with Gasteiger partial charge in [0, 0.05) is 6.20 Å². The van der Waals surface area contributed by atoms with Crippen LogP contribution in [0.4, 0.5) is 0 Å². The molecule has 1 aromatic heterocycles. The van der Waals surface area contributed by atoms with E-state index < -0.39 is 0 Å². The van der Waals surface area contributed by atoms with Crippen LogP contribution < -0.4 is 5.32 Å². The average molecular weight is 375 g/mol. The molecule has 1 heterocycles. The van der Waals surface area contributed by atoms with Gasteiger partial charge in [-0.1, -0.05) is 18.2 Å². The molecule has 0 bridgehead atoms. The topological polar surface area (TPSA) is 99.7 Å². The minimum Gasteiger partial charge on any atom is -0.367 e. The van der Waals surface area contributed by atoms with Crippen LogP contribution in [0, 0.1) is 11.3 Å². The SMILES string of the molecule is C=N/C(=N\C(NC(=O)COCc1ccc(C#N)cc1)=C(C)C)c1ccccn1. The van der Waals surface area contributed by atoms with Gasteiger partial charge in [-0.05, 0) is 56.0 Å². The molecular formula is C21H21N5O2. The Morgan fingerprint density at radius 3 is 2.57 bits per heavy atom. The van der Waals surface area contributed by atoms with Crippen molar-refractivity contribution in [3.05, 3.63) is 76.9 Å². The number of nitrogens with zero attached hydrogens (tertiary/aromatic N) is 4. The third kappa shape index (κ3) is 6.27. The van der Waals surface area contributed by atoms with Crippen LogP contribution in [0.1, 0.15) is 30.7 Å². The fourth-order valence-electron chi connectivity index (χ4n) is 2.14. The second kappa shape index (κ2) is 10.5. The van der Waals surface area contributed by atoms with Gasteiger partial charge in [-0.3, -0.25) is 9.78 Å². The summed E-state index contributed by atoms with van der Waals surface area (Å²) < 4.78 is 5.44. The number of pyridine rings is 1. The lowest BCUT2D eigenvalue weighted by atomic mass is 10.2. The van der Waals surface area contributed by atoms with Crippen molar-refractivity contribution >= 4 is 18.5 Å². The quantitative estimate of drug-likeness (QED) is 0.594. The number of hydrogen-bond donors (Lipinski definition) is 1. The van der Waals surface area contributed by atoms with E-state index in [0.29, 0.717) is 22.9 Å². The Kier molecular flexibility index (Phi) is 7.76. The summed E-state index contributed by atoms with van der Waals surface area (Å²) in [5.41, 5.74) is 2.81. The Morgan fingerprint density at radius 2 is 2.00 bits per heavy atom. The third-order valence-electron chi connectivity index (χ3n) is 3.58. The summed E-state index contributed by atoms with van der Waals surface area (Å²) in [6.07, 6.45) is 1.63. The summed E-state index contributed by atoms with van der Waals surface area (Å²) in [7, 11) is 0. The summed E-state index contributed by atoms with van der Waals surface area (Å²) in [5, 5.41) is 11.5. The van der Waals surface area contributed by atoms with E-state index in [4.69, 9.17) is 10.00 Å². The summed E-state index contributed by atoms with van der Waals surface area (Å²) in [6.45, 7) is 7.31. The summed E-state index contributed by atoms with van der Waals surface area (Å²) in [6, 6.07) is 14.4. The van der Waals surface area contributed by atoms with Crippen LogP contribution in [-0.4, -0.2) is 30.1 Å². The first-order chi connectivity index (χ1) is 13.5. The number of amides is 1. The van der Waals surface area contributed by atoms with E-state index in [9.17, 15) is 4.79 Å². The molecular weight excluding hydrogens is 354 g/mol. The number of aromatic nitrogens is 1. The summed E-state index contributed by atoms with van der Waals surface area (Å²) in [4.78, 5) is 24.7. The smallest absolute Gasteiger partial charge is 0.251 e. The summed E-state index contributed by atoms with van der Waals surface area (Å²) >= 11 is 0. The first kappa shape index (κ1) is 20.7. The highest BCUT2D eigenvalue weighted by molar-refractivity contribution is 6.00. The third-order valence-corrected chi connectivity index (χ3v) is 3.58. The van der Waals surface area contributed by atoms with E-state index >= 15 is 0 Å². The normalized spacial score (nSPS) is 10.7. The molecule has 1 aromatic carbocycles. The molecule has 0 fully saturated rings. The molecule has 0 spiro atoms. The standard InChI is InChI=1S/C21H21N5O2/c1-15(2)20(26-21(23-3)18-6-4-5-11-24-18)25-19(27)14-28-13-17-9-7-16(12-22)8-10-17/h4-11H,3,13-14H2,1-2H3,(H,25,27)/b26-21-. The van der Waals surface area contributed by atoms with Crippen LogP contribution in [-0.2, 0) is 16.1 Å². The predicted molar refractivity (Wildman–Crippen MR) is 108 cm³/mol. The zero-order chi connectivity index (χ0) is 20.4. The number of benzene rings is 1.